The van der Waals surface area contributed by atoms with Crippen LogP contribution in [0.25, 0.3) is 0 Å². The minimum absolute atomic E-state index is 0.105. The van der Waals surface area contributed by atoms with Gasteiger partial charge in [-0.1, -0.05) is 25.6 Å². The van der Waals surface area contributed by atoms with E-state index >= 15 is 0 Å². The molecule has 0 saturated carbocycles. The maximum Gasteiger partial charge on any atom is 0.433 e. The predicted molar refractivity (Wildman–Crippen MR) is 139 cm³/mol. The van der Waals surface area contributed by atoms with Gasteiger partial charge in [-0.05, 0) is 55.5 Å². The van der Waals surface area contributed by atoms with Gasteiger partial charge in [0.2, 0.25) is 15.9 Å². The molecule has 212 valence electrons. The Labute approximate surface area is 224 Å². The second-order valence-corrected chi connectivity index (χ2v) is 11.4. The molecular weight excluding hydrogens is 540 g/mol. The van der Waals surface area contributed by atoms with Gasteiger partial charge in [0.25, 0.3) is 5.91 Å². The summed E-state index contributed by atoms with van der Waals surface area (Å²) in [5, 5.41) is 2.67. The van der Waals surface area contributed by atoms with E-state index in [0.717, 1.165) is 43.4 Å². The summed E-state index contributed by atoms with van der Waals surface area (Å²) in [5.74, 6) is -2.92. The second-order valence-electron chi connectivity index (χ2n) is 9.57. The molecule has 1 aliphatic rings. The highest BCUT2D eigenvalue weighted by Crippen LogP contribution is 2.32. The monoisotopic (exact) mass is 570 g/mol. The minimum Gasteiger partial charge on any atom is -0.356 e. The molecule has 2 aromatic rings. The summed E-state index contributed by atoms with van der Waals surface area (Å²) in [7, 11) is -4.16. The maximum absolute atomic E-state index is 14.9. The van der Waals surface area contributed by atoms with Crippen molar-refractivity contribution >= 4 is 33.3 Å². The average Bonchev–Trinajstić information content (AvgIpc) is 2.86. The Bertz CT molecular complexity index is 1360. The Balaban J connectivity index is 1.80. The number of anilines is 2. The van der Waals surface area contributed by atoms with Crippen LogP contribution in [0, 0.1) is 11.7 Å². The number of alkyl halides is 3. The molecule has 1 atom stereocenters. The second kappa shape index (κ2) is 11.7. The average molecular weight is 571 g/mol. The molecule has 1 fully saturated rings. The van der Waals surface area contributed by atoms with Gasteiger partial charge in [-0.2, -0.15) is 13.2 Å². The summed E-state index contributed by atoms with van der Waals surface area (Å²) in [6.45, 7) is 7.76. The molecule has 3 rings (SSSR count). The van der Waals surface area contributed by atoms with Crippen LogP contribution in [0.1, 0.15) is 49.4 Å². The Morgan fingerprint density at radius 3 is 2.41 bits per heavy atom. The van der Waals surface area contributed by atoms with Crippen molar-refractivity contribution in [1.82, 2.24) is 10.3 Å². The fourth-order valence-electron chi connectivity index (χ4n) is 4.25. The molecule has 0 radical (unpaired) electrons. The largest absolute Gasteiger partial charge is 0.433 e. The summed E-state index contributed by atoms with van der Waals surface area (Å²) in [6, 6.07) is 5.50. The number of halogens is 4. The third-order valence-corrected chi connectivity index (χ3v) is 7.61. The third-order valence-electron chi connectivity index (χ3n) is 6.57. The van der Waals surface area contributed by atoms with Gasteiger partial charge in [-0.25, -0.2) is 22.1 Å². The van der Waals surface area contributed by atoms with Gasteiger partial charge >= 0.3 is 6.18 Å². The first-order valence-electron chi connectivity index (χ1n) is 12.2. The SMILES string of the molecule is C=CC(=O)N(c1ccc(C(C)C(=O)NCc2ccc(C(F)(F)F)nc2N2CCC(C)CC2)cc1F)S(C)(=O)=O. The van der Waals surface area contributed by atoms with E-state index in [0.29, 0.717) is 24.6 Å². The van der Waals surface area contributed by atoms with Crippen molar-refractivity contribution in [3.8, 4) is 0 Å². The first kappa shape index (κ1) is 30.1. The highest BCUT2D eigenvalue weighted by Gasteiger charge is 2.34. The van der Waals surface area contributed by atoms with E-state index in [1.54, 1.807) is 4.90 Å². The van der Waals surface area contributed by atoms with E-state index < -0.39 is 51.1 Å². The lowest BCUT2D eigenvalue weighted by atomic mass is 9.98. The number of rotatable bonds is 8. The highest BCUT2D eigenvalue weighted by molar-refractivity contribution is 7.92. The van der Waals surface area contributed by atoms with Gasteiger partial charge < -0.3 is 10.2 Å². The zero-order chi connectivity index (χ0) is 29.1. The number of amides is 2. The van der Waals surface area contributed by atoms with Gasteiger partial charge in [0.15, 0.2) is 0 Å². The number of benzene rings is 1. The molecule has 0 bridgehead atoms. The van der Waals surface area contributed by atoms with Crippen molar-refractivity contribution < 1.29 is 35.6 Å². The van der Waals surface area contributed by atoms with Crippen LogP contribution >= 0.6 is 0 Å². The summed E-state index contributed by atoms with van der Waals surface area (Å²) >= 11 is 0. The topological polar surface area (TPSA) is 99.7 Å². The molecule has 1 unspecified atom stereocenters. The van der Waals surface area contributed by atoms with Crippen molar-refractivity contribution in [2.24, 2.45) is 5.92 Å². The number of nitrogens with zero attached hydrogens (tertiary/aromatic N) is 3. The van der Waals surface area contributed by atoms with E-state index in [2.05, 4.69) is 23.8 Å². The standard InChI is InChI=1S/C26H30F4N4O4S/c1-5-23(35)34(39(4,37)38)21-8-6-18(14-20(21)27)17(3)25(36)31-15-19-7-9-22(26(28,29)30)32-24(19)33-12-10-16(2)11-13-33/h5-9,14,16-17H,1,10-13,15H2,2-4H3,(H,31,36). The number of pyridine rings is 1. The smallest absolute Gasteiger partial charge is 0.356 e. The van der Waals surface area contributed by atoms with Gasteiger partial charge in [-0.3, -0.25) is 9.59 Å². The summed E-state index contributed by atoms with van der Waals surface area (Å²) in [5.41, 5.74) is -0.932. The van der Waals surface area contributed by atoms with Crippen molar-refractivity contribution in [3.05, 3.63) is 65.6 Å². The van der Waals surface area contributed by atoms with Crippen LogP contribution in [0.15, 0.2) is 43.0 Å². The van der Waals surface area contributed by atoms with Crippen molar-refractivity contribution in [3.63, 3.8) is 0 Å². The number of hydrogen-bond acceptors (Lipinski definition) is 6. The molecule has 2 heterocycles. The van der Waals surface area contributed by atoms with Crippen LogP contribution in [0.5, 0.6) is 0 Å². The minimum atomic E-state index is -4.62. The quantitative estimate of drug-likeness (QED) is 0.374. The molecular formula is C26H30F4N4O4S. The number of aromatic nitrogens is 1. The Morgan fingerprint density at radius 1 is 1.23 bits per heavy atom. The fourth-order valence-corrected chi connectivity index (χ4v) is 5.16. The molecule has 0 spiro atoms. The van der Waals surface area contributed by atoms with Crippen LogP contribution in [0.4, 0.5) is 29.1 Å². The first-order valence-corrected chi connectivity index (χ1v) is 14.0. The third kappa shape index (κ3) is 7.14. The van der Waals surface area contributed by atoms with E-state index in [9.17, 15) is 35.6 Å². The lowest BCUT2D eigenvalue weighted by Crippen LogP contribution is -2.36. The van der Waals surface area contributed by atoms with Gasteiger partial charge in [0.05, 0.1) is 17.9 Å². The lowest BCUT2D eigenvalue weighted by Gasteiger charge is -2.33. The molecule has 0 aliphatic carbocycles. The maximum atomic E-state index is 14.9. The Morgan fingerprint density at radius 2 is 1.87 bits per heavy atom. The molecule has 8 nitrogen and oxygen atoms in total. The number of sulfonamides is 1. The normalized spacial score (nSPS) is 15.5. The van der Waals surface area contributed by atoms with Crippen molar-refractivity contribution in [2.75, 3.05) is 28.6 Å². The first-order chi connectivity index (χ1) is 18.1. The number of piperidine rings is 1. The molecule has 1 saturated heterocycles. The lowest BCUT2D eigenvalue weighted by molar-refractivity contribution is -0.141. The fraction of sp³-hybridized carbons (Fsp3) is 0.423. The molecule has 1 aromatic heterocycles. The highest BCUT2D eigenvalue weighted by atomic mass is 32.2. The number of hydrogen-bond donors (Lipinski definition) is 1. The number of carbonyl (C=O) groups excluding carboxylic acids is 2. The van der Waals surface area contributed by atoms with Gasteiger partial charge in [-0.15, -0.1) is 0 Å². The molecule has 1 aliphatic heterocycles. The van der Waals surface area contributed by atoms with Crippen LogP contribution in [0.3, 0.4) is 0 Å². The van der Waals surface area contributed by atoms with Crippen molar-refractivity contribution in [1.29, 1.82) is 0 Å². The van der Waals surface area contributed by atoms with E-state index in [1.807, 2.05) is 0 Å². The van der Waals surface area contributed by atoms with E-state index in [4.69, 9.17) is 0 Å². The molecule has 39 heavy (non-hydrogen) atoms. The predicted octanol–water partition coefficient (Wildman–Crippen LogP) is 4.37. The Kier molecular flexibility index (Phi) is 9.04. The molecule has 13 heteroatoms. The number of carbonyl (C=O) groups is 2. The summed E-state index contributed by atoms with van der Waals surface area (Å²) < 4.78 is 79.2. The van der Waals surface area contributed by atoms with Crippen LogP contribution < -0.4 is 14.5 Å². The van der Waals surface area contributed by atoms with Crippen LogP contribution in [-0.2, 0) is 32.3 Å². The molecule has 1 aromatic carbocycles. The summed E-state index contributed by atoms with van der Waals surface area (Å²) in [4.78, 5) is 30.6. The van der Waals surface area contributed by atoms with Gasteiger partial charge in [0, 0.05) is 25.2 Å². The molecule has 1 N–H and O–H groups in total. The van der Waals surface area contributed by atoms with Crippen LogP contribution in [-0.4, -0.2) is 44.6 Å². The van der Waals surface area contributed by atoms with Crippen LogP contribution in [0.2, 0.25) is 0 Å². The Hall–Kier alpha value is -3.48. The number of nitrogens with one attached hydrogen (secondary N) is 1. The summed E-state index contributed by atoms with van der Waals surface area (Å²) in [6.07, 6.45) is -1.53. The van der Waals surface area contributed by atoms with Gasteiger partial charge in [0.1, 0.15) is 17.3 Å². The van der Waals surface area contributed by atoms with E-state index in [1.165, 1.54) is 19.1 Å². The van der Waals surface area contributed by atoms with Crippen molar-refractivity contribution in [2.45, 2.75) is 45.3 Å². The zero-order valence-electron chi connectivity index (χ0n) is 21.8. The van der Waals surface area contributed by atoms with E-state index in [-0.39, 0.29) is 22.2 Å². The molecule has 2 amide bonds. The zero-order valence-corrected chi connectivity index (χ0v) is 22.6.